The molecule has 0 bridgehead atoms. The van der Waals surface area contributed by atoms with E-state index in [0.717, 1.165) is 0 Å². The van der Waals surface area contributed by atoms with Crippen LogP contribution in [-0.2, 0) is 9.53 Å². The first-order chi connectivity index (χ1) is 8.86. The number of aromatic nitrogens is 1. The van der Waals surface area contributed by atoms with Crippen molar-refractivity contribution in [2.75, 3.05) is 20.2 Å². The minimum absolute atomic E-state index is 0.0758. The van der Waals surface area contributed by atoms with Crippen molar-refractivity contribution in [3.05, 3.63) is 23.0 Å². The van der Waals surface area contributed by atoms with E-state index in [1.54, 1.807) is 30.8 Å². The van der Waals surface area contributed by atoms with Gasteiger partial charge in [0.15, 0.2) is 0 Å². The van der Waals surface area contributed by atoms with Crippen LogP contribution in [0.3, 0.4) is 0 Å². The second kappa shape index (κ2) is 6.61. The lowest BCUT2D eigenvalue weighted by atomic mass is 10.3. The zero-order valence-corrected chi connectivity index (χ0v) is 12.4. The van der Waals surface area contributed by atoms with Crippen LogP contribution in [0.2, 0.25) is 5.02 Å². The second-order valence-electron chi connectivity index (χ2n) is 4.51. The lowest BCUT2D eigenvalue weighted by molar-refractivity contribution is -0.143. The highest BCUT2D eigenvalue weighted by Crippen LogP contribution is 2.19. The van der Waals surface area contributed by atoms with Gasteiger partial charge in [-0.05, 0) is 26.8 Å². The maximum atomic E-state index is 12.3. The Morgan fingerprint density at radius 2 is 2.11 bits per heavy atom. The topological polar surface area (TPSA) is 51.5 Å². The van der Waals surface area contributed by atoms with E-state index in [1.807, 2.05) is 13.8 Å². The van der Waals surface area contributed by atoms with Crippen LogP contribution in [0.1, 0.15) is 37.3 Å². The highest BCUT2D eigenvalue weighted by Gasteiger charge is 2.20. The Hall–Kier alpha value is -1.49. The van der Waals surface area contributed by atoms with Gasteiger partial charge in [0.1, 0.15) is 12.2 Å². The largest absolute Gasteiger partial charge is 0.465 e. The lowest BCUT2D eigenvalue weighted by Crippen LogP contribution is -2.34. The molecule has 1 heterocycles. The Bertz CT molecular complexity index is 468. The Balaban J connectivity index is 2.85. The molecular weight excluding hydrogens is 268 g/mol. The average Bonchev–Trinajstić information content (AvgIpc) is 2.70. The number of nitrogens with zero attached hydrogens (tertiary/aromatic N) is 2. The summed E-state index contributed by atoms with van der Waals surface area (Å²) in [6.07, 6.45) is 1.71. The molecule has 1 rings (SSSR count). The number of esters is 1. The van der Waals surface area contributed by atoms with E-state index >= 15 is 0 Å². The third-order valence-electron chi connectivity index (χ3n) is 2.61. The number of ether oxygens (including phenoxy) is 1. The summed E-state index contributed by atoms with van der Waals surface area (Å²) in [6.45, 7) is 5.86. The number of hydrogen-bond donors (Lipinski definition) is 0. The third kappa shape index (κ3) is 3.99. The maximum absolute atomic E-state index is 12.3. The van der Waals surface area contributed by atoms with Crippen LogP contribution in [0.25, 0.3) is 0 Å². The molecule has 0 saturated heterocycles. The van der Waals surface area contributed by atoms with Crippen molar-refractivity contribution >= 4 is 23.5 Å². The first-order valence-corrected chi connectivity index (χ1v) is 6.53. The molecule has 5 nitrogen and oxygen atoms in total. The summed E-state index contributed by atoms with van der Waals surface area (Å²) in [7, 11) is 1.56. The van der Waals surface area contributed by atoms with E-state index in [0.29, 0.717) is 17.3 Å². The van der Waals surface area contributed by atoms with Crippen LogP contribution in [0.4, 0.5) is 0 Å². The van der Waals surface area contributed by atoms with Crippen molar-refractivity contribution in [2.24, 2.45) is 0 Å². The van der Waals surface area contributed by atoms with E-state index in [1.165, 1.54) is 4.90 Å². The van der Waals surface area contributed by atoms with E-state index < -0.39 is 5.97 Å². The van der Waals surface area contributed by atoms with Gasteiger partial charge in [-0.1, -0.05) is 11.6 Å². The predicted octanol–water partition coefficient (Wildman–Crippen LogP) is 2.36. The number of amides is 1. The monoisotopic (exact) mass is 286 g/mol. The van der Waals surface area contributed by atoms with Gasteiger partial charge in [0, 0.05) is 19.3 Å². The number of halogens is 1. The fourth-order valence-electron chi connectivity index (χ4n) is 1.71. The molecule has 106 valence electrons. The Labute approximate surface area is 118 Å². The predicted molar refractivity (Wildman–Crippen MR) is 73.4 cm³/mol. The van der Waals surface area contributed by atoms with E-state index in [-0.39, 0.29) is 18.5 Å². The zero-order valence-electron chi connectivity index (χ0n) is 11.6. The van der Waals surface area contributed by atoms with Crippen LogP contribution in [0.15, 0.2) is 12.3 Å². The van der Waals surface area contributed by atoms with Gasteiger partial charge in [-0.3, -0.25) is 9.59 Å². The third-order valence-corrected chi connectivity index (χ3v) is 2.82. The SMILES string of the molecule is CCOC(=O)CN(C)C(=O)c1cc(Cl)cn1C(C)C. The summed E-state index contributed by atoms with van der Waals surface area (Å²) < 4.78 is 6.60. The van der Waals surface area contributed by atoms with Crippen molar-refractivity contribution < 1.29 is 14.3 Å². The number of carbonyl (C=O) groups excluding carboxylic acids is 2. The Morgan fingerprint density at radius 3 is 2.63 bits per heavy atom. The van der Waals surface area contributed by atoms with Gasteiger partial charge in [-0.25, -0.2) is 0 Å². The minimum atomic E-state index is -0.424. The molecule has 0 saturated carbocycles. The molecule has 0 aliphatic rings. The molecule has 0 spiro atoms. The molecule has 1 aromatic heterocycles. The van der Waals surface area contributed by atoms with E-state index in [2.05, 4.69) is 0 Å². The van der Waals surface area contributed by atoms with Crippen LogP contribution in [0.5, 0.6) is 0 Å². The molecule has 0 atom stereocenters. The molecule has 0 aliphatic carbocycles. The standard InChI is InChI=1S/C13H19ClN2O3/c1-5-19-12(17)8-15(4)13(18)11-6-10(14)7-16(11)9(2)3/h6-7,9H,5,8H2,1-4H3. The molecule has 0 N–H and O–H groups in total. The van der Waals surface area contributed by atoms with Crippen LogP contribution in [-0.4, -0.2) is 41.5 Å². The van der Waals surface area contributed by atoms with Crippen molar-refractivity contribution in [1.29, 1.82) is 0 Å². The summed E-state index contributed by atoms with van der Waals surface area (Å²) in [5.74, 6) is -0.680. The molecule has 0 aliphatic heterocycles. The number of likely N-dealkylation sites (N-methyl/N-ethyl adjacent to an activating group) is 1. The minimum Gasteiger partial charge on any atom is -0.465 e. The fourth-order valence-corrected chi connectivity index (χ4v) is 1.92. The van der Waals surface area contributed by atoms with Gasteiger partial charge in [-0.15, -0.1) is 0 Å². The molecule has 0 aromatic carbocycles. The van der Waals surface area contributed by atoms with Crippen LogP contribution in [0, 0.1) is 0 Å². The number of carbonyl (C=O) groups is 2. The summed E-state index contributed by atoms with van der Waals surface area (Å²) in [4.78, 5) is 24.9. The van der Waals surface area contributed by atoms with Gasteiger partial charge in [0.2, 0.25) is 0 Å². The van der Waals surface area contributed by atoms with Gasteiger partial charge in [0.05, 0.1) is 11.6 Å². The highest BCUT2D eigenvalue weighted by molar-refractivity contribution is 6.31. The highest BCUT2D eigenvalue weighted by atomic mass is 35.5. The van der Waals surface area contributed by atoms with Gasteiger partial charge in [0.25, 0.3) is 5.91 Å². The van der Waals surface area contributed by atoms with Crippen LogP contribution < -0.4 is 0 Å². The van der Waals surface area contributed by atoms with Gasteiger partial charge in [-0.2, -0.15) is 0 Å². The Kier molecular flexibility index (Phi) is 5.42. The quantitative estimate of drug-likeness (QED) is 0.781. The van der Waals surface area contributed by atoms with Gasteiger partial charge < -0.3 is 14.2 Å². The summed E-state index contributed by atoms with van der Waals surface area (Å²) in [5.41, 5.74) is 0.465. The first-order valence-electron chi connectivity index (χ1n) is 6.15. The van der Waals surface area contributed by atoms with Crippen molar-refractivity contribution in [3.63, 3.8) is 0 Å². The average molecular weight is 287 g/mol. The van der Waals surface area contributed by atoms with E-state index in [9.17, 15) is 9.59 Å². The second-order valence-corrected chi connectivity index (χ2v) is 4.95. The van der Waals surface area contributed by atoms with E-state index in [4.69, 9.17) is 16.3 Å². The summed E-state index contributed by atoms with van der Waals surface area (Å²) >= 11 is 5.93. The summed E-state index contributed by atoms with van der Waals surface area (Å²) in [5, 5.41) is 0.501. The molecule has 0 radical (unpaired) electrons. The number of hydrogen-bond acceptors (Lipinski definition) is 3. The molecular formula is C13H19ClN2O3. The molecule has 19 heavy (non-hydrogen) atoms. The van der Waals surface area contributed by atoms with Crippen molar-refractivity contribution in [2.45, 2.75) is 26.8 Å². The molecule has 6 heteroatoms. The first kappa shape index (κ1) is 15.6. The Morgan fingerprint density at radius 1 is 1.47 bits per heavy atom. The van der Waals surface area contributed by atoms with Crippen molar-refractivity contribution in [3.8, 4) is 0 Å². The molecule has 1 amide bonds. The molecule has 0 fully saturated rings. The summed E-state index contributed by atoms with van der Waals surface area (Å²) in [6, 6.07) is 1.72. The van der Waals surface area contributed by atoms with Crippen molar-refractivity contribution in [1.82, 2.24) is 9.47 Å². The molecule has 1 aromatic rings. The lowest BCUT2D eigenvalue weighted by Gasteiger charge is -2.18. The molecule has 0 unspecified atom stereocenters. The normalized spacial score (nSPS) is 10.6. The number of rotatable bonds is 5. The van der Waals surface area contributed by atoms with Gasteiger partial charge >= 0.3 is 5.97 Å². The smallest absolute Gasteiger partial charge is 0.325 e. The zero-order chi connectivity index (χ0) is 14.6. The maximum Gasteiger partial charge on any atom is 0.325 e. The fraction of sp³-hybridized carbons (Fsp3) is 0.538. The van der Waals surface area contributed by atoms with Crippen LogP contribution >= 0.6 is 11.6 Å².